The Balaban J connectivity index is 0.000000309. The number of thiophene rings is 2. The molecule has 9 heteroatoms. The van der Waals surface area contributed by atoms with E-state index in [0.717, 1.165) is 69.9 Å². The van der Waals surface area contributed by atoms with Crippen LogP contribution < -0.4 is 0 Å². The van der Waals surface area contributed by atoms with Gasteiger partial charge in [-0.1, -0.05) is 109 Å². The summed E-state index contributed by atoms with van der Waals surface area (Å²) in [6, 6.07) is 55.7. The van der Waals surface area contributed by atoms with Crippen LogP contribution in [0.2, 0.25) is 0 Å². The predicted octanol–water partition coefficient (Wildman–Crippen LogP) is 23.3. The van der Waals surface area contributed by atoms with Gasteiger partial charge in [-0.05, 0) is 238 Å². The van der Waals surface area contributed by atoms with Crippen molar-refractivity contribution in [1.82, 2.24) is 0 Å². The standard InChI is InChI=1S/C8H10O.C8H10.C7H7F.2C7H10O.C7H10S.C7H8.2C6H8O.C5H6O.C5H6S/c1-6-2-5-8(9-6)7-3-4-7;1-7-4-3-5-8(2)6-7;1-6-4-2-3-5-7(6)8;1-5-4-6(2)8-7(5)3;2*1-3-7-5-4-6(2)8-7;1-7-5-3-2-4-6-7;2*1-5-3-4-6(2)7-5;2*1-5-3-2-4-6-5/h2,5,7H,3-4H2,1H3;3-6H,1-2H3;2-5H,1H3;4H,1-3H3;2*4-5H,3H2,1-2H3;2-6H,1H3;2*3-4H,1-2H3;2*2-4H,1H3. The van der Waals surface area contributed by atoms with E-state index in [9.17, 15) is 4.39 Å². The molecule has 0 saturated heterocycles. The molecule has 0 radical (unpaired) electrons. The monoisotopic (exact) mass is 1150 g/mol. The zero-order valence-electron chi connectivity index (χ0n) is 52.4. The van der Waals surface area contributed by atoms with Crippen LogP contribution in [-0.2, 0) is 12.8 Å². The summed E-state index contributed by atoms with van der Waals surface area (Å²) in [5.41, 5.74) is 5.94. The zero-order chi connectivity index (χ0) is 60.8. The molecule has 82 heavy (non-hydrogen) atoms. The number of hydrogen-bond acceptors (Lipinski definition) is 8. The number of aryl methyl sites for hydroxylation is 18. The van der Waals surface area contributed by atoms with Crippen LogP contribution in [0, 0.1) is 117 Å². The molecule has 12 rings (SSSR count). The molecule has 6 nitrogen and oxygen atoms in total. The Labute approximate surface area is 500 Å². The van der Waals surface area contributed by atoms with Crippen LogP contribution in [0.4, 0.5) is 4.39 Å². The molecule has 440 valence electrons. The molecular weight excluding hydrogens is 1060 g/mol. The first kappa shape index (κ1) is 70.8. The number of furan rings is 6. The molecule has 0 atom stereocenters. The largest absolute Gasteiger partial charge is 0.470 e. The maximum Gasteiger partial charge on any atom is 0.126 e. The highest BCUT2D eigenvalue weighted by Gasteiger charge is 2.26. The normalized spacial score (nSPS) is 10.3. The lowest BCUT2D eigenvalue weighted by atomic mass is 10.2. The SMILES string of the molecule is CCc1ccc(C)o1.CCc1ccc(C)s1.Cc1cc(C)c(C)o1.Cc1ccc(C)o1.Cc1ccc(C)o1.Cc1ccc(C2CC2)o1.Cc1cccc(C)c1.Cc1ccccc1.Cc1ccccc1F.Cc1ccco1.Cc1cccs1. The van der Waals surface area contributed by atoms with Gasteiger partial charge in [-0.3, -0.25) is 0 Å². The summed E-state index contributed by atoms with van der Waals surface area (Å²) in [5.74, 6) is 11.9. The fourth-order valence-electron chi connectivity index (χ4n) is 6.88. The number of benzene rings is 3. The summed E-state index contributed by atoms with van der Waals surface area (Å²) >= 11 is 3.67. The average Bonchev–Trinajstić information content (AvgIpc) is 4.30. The van der Waals surface area contributed by atoms with Gasteiger partial charge in [-0.25, -0.2) is 4.39 Å². The van der Waals surface area contributed by atoms with Gasteiger partial charge in [0.2, 0.25) is 0 Å². The molecule has 1 aliphatic rings. The predicted molar refractivity (Wildman–Crippen MR) is 347 cm³/mol. The molecule has 1 aliphatic carbocycles. The molecule has 0 N–H and O–H groups in total. The minimum absolute atomic E-state index is 0.132. The molecule has 0 bridgehead atoms. The molecular formula is C73H93FO6S2. The molecule has 0 spiro atoms. The maximum absolute atomic E-state index is 12.3. The summed E-state index contributed by atoms with van der Waals surface area (Å²) in [5, 5.41) is 2.08. The first-order valence-corrected chi connectivity index (χ1v) is 29.8. The van der Waals surface area contributed by atoms with Gasteiger partial charge in [0.15, 0.2) is 0 Å². The van der Waals surface area contributed by atoms with E-state index in [0.29, 0.717) is 5.56 Å². The molecule has 0 unspecified atom stereocenters. The molecule has 3 aromatic carbocycles. The number of hydrogen-bond donors (Lipinski definition) is 0. The first-order valence-electron chi connectivity index (χ1n) is 28.1. The van der Waals surface area contributed by atoms with Crippen molar-refractivity contribution < 1.29 is 30.9 Å². The van der Waals surface area contributed by atoms with Gasteiger partial charge in [0.1, 0.15) is 69.2 Å². The third-order valence-electron chi connectivity index (χ3n) is 11.6. The van der Waals surface area contributed by atoms with Crippen molar-refractivity contribution in [2.75, 3.05) is 0 Å². The zero-order valence-corrected chi connectivity index (χ0v) is 54.0. The van der Waals surface area contributed by atoms with E-state index in [2.05, 4.69) is 121 Å². The fourth-order valence-corrected chi connectivity index (χ4v) is 8.24. The lowest BCUT2D eigenvalue weighted by Crippen LogP contribution is -1.76. The van der Waals surface area contributed by atoms with Crippen LogP contribution in [0.3, 0.4) is 0 Å². The van der Waals surface area contributed by atoms with E-state index in [1.54, 1.807) is 36.7 Å². The number of rotatable bonds is 3. The second kappa shape index (κ2) is 40.8. The summed E-state index contributed by atoms with van der Waals surface area (Å²) in [4.78, 5) is 4.29. The van der Waals surface area contributed by atoms with Crippen LogP contribution in [0.5, 0.6) is 0 Å². The Morgan fingerprint density at radius 1 is 0.402 bits per heavy atom. The van der Waals surface area contributed by atoms with Crippen molar-refractivity contribution in [1.29, 1.82) is 0 Å². The minimum Gasteiger partial charge on any atom is -0.470 e. The highest BCUT2D eigenvalue weighted by Crippen LogP contribution is 2.40. The van der Waals surface area contributed by atoms with Gasteiger partial charge < -0.3 is 26.5 Å². The molecule has 1 fully saturated rings. The van der Waals surface area contributed by atoms with Crippen LogP contribution in [0.1, 0.15) is 138 Å². The highest BCUT2D eigenvalue weighted by atomic mass is 32.1. The quantitative estimate of drug-likeness (QED) is 0.175. The van der Waals surface area contributed by atoms with Crippen LogP contribution in [0.15, 0.2) is 208 Å². The summed E-state index contributed by atoms with van der Waals surface area (Å²) in [6.45, 7) is 36.1. The lowest BCUT2D eigenvalue weighted by molar-refractivity contribution is 0.485. The van der Waals surface area contributed by atoms with Crippen LogP contribution in [0.25, 0.3) is 0 Å². The first-order chi connectivity index (χ1) is 39.1. The van der Waals surface area contributed by atoms with Crippen LogP contribution >= 0.6 is 22.7 Å². The Bertz CT molecular complexity index is 3060. The van der Waals surface area contributed by atoms with Gasteiger partial charge >= 0.3 is 0 Å². The lowest BCUT2D eigenvalue weighted by Gasteiger charge is -1.90. The molecule has 1 saturated carbocycles. The van der Waals surface area contributed by atoms with Crippen molar-refractivity contribution in [2.24, 2.45) is 0 Å². The van der Waals surface area contributed by atoms with E-state index >= 15 is 0 Å². The fraction of sp³-hybridized carbons (Fsp3) is 0.315. The second-order valence-electron chi connectivity index (χ2n) is 19.9. The van der Waals surface area contributed by atoms with E-state index in [4.69, 9.17) is 26.5 Å². The summed E-state index contributed by atoms with van der Waals surface area (Å²) in [7, 11) is 0. The van der Waals surface area contributed by atoms with Crippen LogP contribution in [-0.4, -0.2) is 0 Å². The van der Waals surface area contributed by atoms with Gasteiger partial charge in [0.25, 0.3) is 0 Å². The average molecular weight is 1150 g/mol. The van der Waals surface area contributed by atoms with Crippen molar-refractivity contribution in [3.63, 3.8) is 0 Å². The van der Waals surface area contributed by atoms with Crippen molar-refractivity contribution >= 4 is 22.7 Å². The third-order valence-corrected chi connectivity index (χ3v) is 13.5. The molecule has 8 aromatic heterocycles. The molecule has 8 heterocycles. The highest BCUT2D eigenvalue weighted by molar-refractivity contribution is 7.11. The Morgan fingerprint density at radius 3 is 1.17 bits per heavy atom. The molecule has 0 aliphatic heterocycles. The van der Waals surface area contributed by atoms with Gasteiger partial charge in [-0.2, -0.15) is 0 Å². The van der Waals surface area contributed by atoms with Crippen molar-refractivity contribution in [2.45, 2.75) is 156 Å². The Hall–Kier alpha value is -7.33. The van der Waals surface area contributed by atoms with Crippen molar-refractivity contribution in [3.05, 3.63) is 293 Å². The summed E-state index contributed by atoms with van der Waals surface area (Å²) < 4.78 is 43.2. The molecule has 0 amide bonds. The smallest absolute Gasteiger partial charge is 0.126 e. The summed E-state index contributed by atoms with van der Waals surface area (Å²) in [6.07, 6.45) is 6.49. The van der Waals surface area contributed by atoms with Gasteiger partial charge in [0, 0.05) is 27.0 Å². The Kier molecular flexibility index (Phi) is 35.2. The van der Waals surface area contributed by atoms with E-state index < -0.39 is 0 Å². The van der Waals surface area contributed by atoms with E-state index in [-0.39, 0.29) is 5.82 Å². The van der Waals surface area contributed by atoms with Crippen molar-refractivity contribution in [3.8, 4) is 0 Å². The van der Waals surface area contributed by atoms with E-state index in [1.807, 2.05) is 166 Å². The maximum atomic E-state index is 12.3. The minimum atomic E-state index is -0.132. The van der Waals surface area contributed by atoms with Gasteiger partial charge in [-0.15, -0.1) is 22.7 Å². The second-order valence-corrected chi connectivity index (χ2v) is 22.4. The number of halogens is 1. The van der Waals surface area contributed by atoms with E-state index in [1.165, 1.54) is 68.0 Å². The third kappa shape index (κ3) is 34.7. The van der Waals surface area contributed by atoms with Gasteiger partial charge in [0.05, 0.1) is 6.26 Å². The Morgan fingerprint density at radius 2 is 0.939 bits per heavy atom. The topological polar surface area (TPSA) is 78.8 Å². The molecule has 11 aromatic rings.